The predicted octanol–water partition coefficient (Wildman–Crippen LogP) is 4.37. The van der Waals surface area contributed by atoms with Crippen LogP contribution < -0.4 is 0 Å². The van der Waals surface area contributed by atoms with Crippen molar-refractivity contribution in [2.24, 2.45) is 5.92 Å². The SMILES string of the molecule is CC#CC(C)C(C)c1c(C)cc(C)cc1C. The highest BCUT2D eigenvalue weighted by atomic mass is 14.2. The van der Waals surface area contributed by atoms with Crippen molar-refractivity contribution in [1.29, 1.82) is 0 Å². The van der Waals surface area contributed by atoms with Gasteiger partial charge in [-0.2, -0.15) is 0 Å². The van der Waals surface area contributed by atoms with Gasteiger partial charge in [0.1, 0.15) is 0 Å². The predicted molar refractivity (Wildman–Crippen MR) is 71.7 cm³/mol. The molecule has 1 aromatic carbocycles. The summed E-state index contributed by atoms with van der Waals surface area (Å²) < 4.78 is 0. The molecular weight excluding hydrogens is 192 g/mol. The molecule has 0 spiro atoms. The van der Waals surface area contributed by atoms with Crippen molar-refractivity contribution < 1.29 is 0 Å². The molecule has 1 rings (SSSR count). The Bertz CT molecular complexity index is 406. The maximum Gasteiger partial charge on any atom is 0.0240 e. The van der Waals surface area contributed by atoms with Crippen LogP contribution in [0.5, 0.6) is 0 Å². The van der Waals surface area contributed by atoms with E-state index in [9.17, 15) is 0 Å². The molecule has 2 unspecified atom stereocenters. The number of hydrogen-bond acceptors (Lipinski definition) is 0. The summed E-state index contributed by atoms with van der Waals surface area (Å²) in [6, 6.07) is 4.54. The fourth-order valence-corrected chi connectivity index (χ4v) is 2.51. The third kappa shape index (κ3) is 2.67. The molecule has 86 valence electrons. The number of benzene rings is 1. The minimum Gasteiger partial charge on any atom is -0.106 e. The van der Waals surface area contributed by atoms with Crippen LogP contribution in [0.25, 0.3) is 0 Å². The van der Waals surface area contributed by atoms with Crippen LogP contribution >= 0.6 is 0 Å². The second-order valence-electron chi connectivity index (χ2n) is 4.78. The van der Waals surface area contributed by atoms with Gasteiger partial charge in [-0.15, -0.1) is 5.92 Å². The van der Waals surface area contributed by atoms with Crippen molar-refractivity contribution in [3.63, 3.8) is 0 Å². The lowest BCUT2D eigenvalue weighted by Gasteiger charge is -2.21. The second-order valence-corrected chi connectivity index (χ2v) is 4.78. The molecule has 16 heavy (non-hydrogen) atoms. The summed E-state index contributed by atoms with van der Waals surface area (Å²) in [5, 5.41) is 0. The van der Waals surface area contributed by atoms with Crippen LogP contribution in [-0.2, 0) is 0 Å². The fraction of sp³-hybridized carbons (Fsp3) is 0.500. The molecule has 0 radical (unpaired) electrons. The Labute approximate surface area is 100 Å². The Morgan fingerprint density at radius 2 is 1.50 bits per heavy atom. The lowest BCUT2D eigenvalue weighted by atomic mass is 9.83. The van der Waals surface area contributed by atoms with Crippen molar-refractivity contribution in [3.05, 3.63) is 34.4 Å². The third-order valence-corrected chi connectivity index (χ3v) is 3.32. The van der Waals surface area contributed by atoms with Crippen molar-refractivity contribution in [3.8, 4) is 11.8 Å². The van der Waals surface area contributed by atoms with Gasteiger partial charge in [-0.1, -0.05) is 37.5 Å². The minimum atomic E-state index is 0.421. The van der Waals surface area contributed by atoms with Crippen molar-refractivity contribution >= 4 is 0 Å². The number of aryl methyl sites for hydroxylation is 3. The first-order valence-electron chi connectivity index (χ1n) is 5.97. The van der Waals surface area contributed by atoms with Gasteiger partial charge in [0.2, 0.25) is 0 Å². The quantitative estimate of drug-likeness (QED) is 0.641. The Morgan fingerprint density at radius 1 is 1.00 bits per heavy atom. The molecule has 0 aliphatic heterocycles. The van der Waals surface area contributed by atoms with Crippen LogP contribution in [0.2, 0.25) is 0 Å². The molecule has 0 N–H and O–H groups in total. The molecule has 1 aromatic rings. The molecule has 0 heterocycles. The number of hydrogen-bond donors (Lipinski definition) is 0. The fourth-order valence-electron chi connectivity index (χ4n) is 2.51. The Morgan fingerprint density at radius 3 is 1.94 bits per heavy atom. The molecule has 2 atom stereocenters. The Balaban J connectivity index is 3.16. The van der Waals surface area contributed by atoms with Crippen LogP contribution in [0, 0.1) is 38.5 Å². The summed E-state index contributed by atoms with van der Waals surface area (Å²) >= 11 is 0. The minimum absolute atomic E-state index is 0.421. The van der Waals surface area contributed by atoms with E-state index in [0.717, 1.165) is 0 Å². The van der Waals surface area contributed by atoms with Crippen LogP contribution in [0.3, 0.4) is 0 Å². The molecule has 0 aromatic heterocycles. The molecular formula is C16H22. The molecule has 0 bridgehead atoms. The van der Waals surface area contributed by atoms with Crippen molar-refractivity contribution in [2.45, 2.75) is 47.5 Å². The maximum atomic E-state index is 3.26. The Hall–Kier alpha value is -1.22. The van der Waals surface area contributed by atoms with Crippen molar-refractivity contribution in [2.75, 3.05) is 0 Å². The average molecular weight is 214 g/mol. The Kier molecular flexibility index (Phi) is 4.19. The smallest absolute Gasteiger partial charge is 0.0240 e. The van der Waals surface area contributed by atoms with Crippen molar-refractivity contribution in [1.82, 2.24) is 0 Å². The van der Waals surface area contributed by atoms with E-state index in [2.05, 4.69) is 58.6 Å². The standard InChI is InChI=1S/C16H22/c1-7-8-12(3)15(6)16-13(4)9-11(2)10-14(16)5/h9-10,12,15H,1-6H3. The van der Waals surface area contributed by atoms with Gasteiger partial charge >= 0.3 is 0 Å². The normalized spacial score (nSPS) is 13.9. The zero-order valence-corrected chi connectivity index (χ0v) is 11.3. The van der Waals surface area contributed by atoms with Gasteiger partial charge in [-0.3, -0.25) is 0 Å². The van der Waals surface area contributed by atoms with E-state index in [1.165, 1.54) is 22.3 Å². The van der Waals surface area contributed by atoms with Gasteiger partial charge in [0.25, 0.3) is 0 Å². The first kappa shape index (κ1) is 12.8. The zero-order chi connectivity index (χ0) is 12.3. The second kappa shape index (κ2) is 5.21. The zero-order valence-electron chi connectivity index (χ0n) is 11.3. The molecule has 0 saturated carbocycles. The van der Waals surface area contributed by atoms with Gasteiger partial charge in [0, 0.05) is 5.92 Å². The third-order valence-electron chi connectivity index (χ3n) is 3.32. The molecule has 0 saturated heterocycles. The van der Waals surface area contributed by atoms with Crippen LogP contribution in [0.4, 0.5) is 0 Å². The van der Waals surface area contributed by atoms with Gasteiger partial charge in [0.15, 0.2) is 0 Å². The first-order chi connectivity index (χ1) is 7.47. The van der Waals surface area contributed by atoms with E-state index in [0.29, 0.717) is 11.8 Å². The molecule has 0 amide bonds. The molecule has 0 aliphatic carbocycles. The van der Waals surface area contributed by atoms with E-state index in [1.54, 1.807) is 0 Å². The summed E-state index contributed by atoms with van der Waals surface area (Å²) in [7, 11) is 0. The van der Waals surface area contributed by atoms with E-state index in [-0.39, 0.29) is 0 Å². The van der Waals surface area contributed by atoms with Gasteiger partial charge in [0.05, 0.1) is 0 Å². The summed E-state index contributed by atoms with van der Waals surface area (Å²) in [5.74, 6) is 7.21. The van der Waals surface area contributed by atoms with E-state index >= 15 is 0 Å². The highest BCUT2D eigenvalue weighted by Crippen LogP contribution is 2.30. The lowest BCUT2D eigenvalue weighted by Crippen LogP contribution is -2.08. The highest BCUT2D eigenvalue weighted by Gasteiger charge is 2.16. The summed E-state index contributed by atoms with van der Waals surface area (Å²) in [5.41, 5.74) is 5.62. The van der Waals surface area contributed by atoms with Crippen LogP contribution in [0.1, 0.15) is 48.9 Å². The summed E-state index contributed by atoms with van der Waals surface area (Å²) in [4.78, 5) is 0. The van der Waals surface area contributed by atoms with E-state index in [4.69, 9.17) is 0 Å². The monoisotopic (exact) mass is 214 g/mol. The average Bonchev–Trinajstić information content (AvgIpc) is 2.16. The van der Waals surface area contributed by atoms with E-state index in [1.807, 2.05) is 6.92 Å². The highest BCUT2D eigenvalue weighted by molar-refractivity contribution is 5.40. The molecule has 0 nitrogen and oxygen atoms in total. The summed E-state index contributed by atoms with van der Waals surface area (Å²) in [6.07, 6.45) is 0. The lowest BCUT2D eigenvalue weighted by molar-refractivity contribution is 0.603. The first-order valence-corrected chi connectivity index (χ1v) is 5.97. The topological polar surface area (TPSA) is 0 Å². The molecule has 0 aliphatic rings. The summed E-state index contributed by atoms with van der Waals surface area (Å²) in [6.45, 7) is 13.0. The largest absolute Gasteiger partial charge is 0.106 e. The van der Waals surface area contributed by atoms with E-state index < -0.39 is 0 Å². The molecule has 0 fully saturated rings. The maximum absolute atomic E-state index is 3.26. The van der Waals surface area contributed by atoms with Gasteiger partial charge in [-0.05, 0) is 50.3 Å². The van der Waals surface area contributed by atoms with Crippen LogP contribution in [-0.4, -0.2) is 0 Å². The van der Waals surface area contributed by atoms with Crippen LogP contribution in [0.15, 0.2) is 12.1 Å². The number of rotatable bonds is 2. The molecule has 0 heteroatoms. The van der Waals surface area contributed by atoms with Gasteiger partial charge < -0.3 is 0 Å². The van der Waals surface area contributed by atoms with Gasteiger partial charge in [-0.25, -0.2) is 0 Å².